The standard InChI is InChI=1S/C41H73O12P/c1-3-5-7-9-11-13-15-17-19-21-23-25-27-29-36(44)49-32-34(33-50-54(48)53-40-38(46)41(47)52-39(40)35(43)31-42)51-37(45)30-28-26-24-22-20-18-16-14-12-10-8-6-4-2/h34-35,39,42-43H,3-33H2,1-2H3/p+1/t34?,35-,39+/m0/s1. The van der Waals surface area contributed by atoms with Gasteiger partial charge in [-0.05, 0) is 12.8 Å². The van der Waals surface area contributed by atoms with E-state index < -0.39 is 69.2 Å². The Morgan fingerprint density at radius 2 is 1.07 bits per heavy atom. The van der Waals surface area contributed by atoms with E-state index in [-0.39, 0.29) is 19.4 Å². The number of aliphatic hydroxyl groups is 3. The molecule has 0 saturated heterocycles. The summed E-state index contributed by atoms with van der Waals surface area (Å²) >= 11 is 0. The second kappa shape index (κ2) is 34.0. The van der Waals surface area contributed by atoms with E-state index in [9.17, 15) is 34.3 Å². The third-order valence-corrected chi connectivity index (χ3v) is 10.4. The van der Waals surface area contributed by atoms with Crippen molar-refractivity contribution in [2.45, 2.75) is 212 Å². The molecule has 12 nitrogen and oxygen atoms in total. The van der Waals surface area contributed by atoms with Crippen molar-refractivity contribution in [3.8, 4) is 0 Å². The highest BCUT2D eigenvalue weighted by molar-refractivity contribution is 7.33. The number of esters is 3. The van der Waals surface area contributed by atoms with Gasteiger partial charge in [0.1, 0.15) is 19.3 Å². The van der Waals surface area contributed by atoms with Gasteiger partial charge in [-0.15, -0.1) is 4.52 Å². The molecule has 314 valence electrons. The molecule has 0 radical (unpaired) electrons. The van der Waals surface area contributed by atoms with Crippen LogP contribution in [0.2, 0.25) is 0 Å². The molecule has 0 spiro atoms. The van der Waals surface area contributed by atoms with Gasteiger partial charge in [0.15, 0.2) is 12.2 Å². The minimum absolute atomic E-state index is 0.171. The van der Waals surface area contributed by atoms with Gasteiger partial charge < -0.3 is 29.5 Å². The maximum atomic E-state index is 12.7. The molecule has 1 aliphatic rings. The van der Waals surface area contributed by atoms with E-state index in [0.717, 1.165) is 38.5 Å². The van der Waals surface area contributed by atoms with Gasteiger partial charge in [0.2, 0.25) is 0 Å². The molecule has 1 rings (SSSR count). The van der Waals surface area contributed by atoms with Crippen LogP contribution in [-0.4, -0.2) is 71.4 Å². The van der Waals surface area contributed by atoms with Crippen LogP contribution in [0, 0.1) is 0 Å². The first kappa shape index (κ1) is 49.7. The Bertz CT molecular complexity index is 1040. The topological polar surface area (TPSA) is 175 Å². The van der Waals surface area contributed by atoms with Crippen LogP contribution in [-0.2, 0) is 42.2 Å². The number of unbranched alkanes of at least 4 members (excludes halogenated alkanes) is 24. The van der Waals surface area contributed by atoms with Crippen molar-refractivity contribution in [3.63, 3.8) is 0 Å². The Labute approximate surface area is 326 Å². The molecule has 0 aliphatic carbocycles. The average molecular weight is 790 g/mol. The normalized spacial score (nSPS) is 15.6. The van der Waals surface area contributed by atoms with Gasteiger partial charge in [-0.25, -0.2) is 9.32 Å². The zero-order valence-electron chi connectivity index (χ0n) is 33.6. The van der Waals surface area contributed by atoms with Gasteiger partial charge in [-0.1, -0.05) is 168 Å². The van der Waals surface area contributed by atoms with Gasteiger partial charge in [-0.3, -0.25) is 9.59 Å². The SMILES string of the molecule is CCCCCCCCCCCCCCCC(=O)OCC(CO[P+](=O)OC1=C(O)C(=O)O[C@@H]1[C@@H](O)CO)OC(=O)CCCCCCCCCCCCCCC. The van der Waals surface area contributed by atoms with Gasteiger partial charge in [-0.2, -0.15) is 0 Å². The third-order valence-electron chi connectivity index (χ3n) is 9.69. The molecule has 2 unspecified atom stereocenters. The van der Waals surface area contributed by atoms with E-state index in [2.05, 4.69) is 13.8 Å². The Morgan fingerprint density at radius 3 is 1.50 bits per heavy atom. The second-order valence-electron chi connectivity index (χ2n) is 14.7. The van der Waals surface area contributed by atoms with Crippen molar-refractivity contribution in [2.75, 3.05) is 19.8 Å². The summed E-state index contributed by atoms with van der Waals surface area (Å²) in [6.45, 7) is 2.86. The predicted molar refractivity (Wildman–Crippen MR) is 209 cm³/mol. The summed E-state index contributed by atoms with van der Waals surface area (Å²) in [5.74, 6) is -3.82. The molecule has 0 aromatic rings. The number of hydrogen-bond acceptors (Lipinski definition) is 12. The van der Waals surface area contributed by atoms with Crippen molar-refractivity contribution in [1.29, 1.82) is 0 Å². The first-order chi connectivity index (χ1) is 26.2. The highest BCUT2D eigenvalue weighted by atomic mass is 31.1. The van der Waals surface area contributed by atoms with Gasteiger partial charge >= 0.3 is 26.2 Å². The zero-order valence-corrected chi connectivity index (χ0v) is 34.5. The number of aliphatic hydroxyl groups excluding tert-OH is 3. The number of rotatable bonds is 38. The Kier molecular flexibility index (Phi) is 31.3. The second-order valence-corrected chi connectivity index (χ2v) is 15.6. The molecule has 1 aliphatic heterocycles. The molecule has 3 N–H and O–H groups in total. The van der Waals surface area contributed by atoms with Gasteiger partial charge in [0.25, 0.3) is 11.5 Å². The zero-order chi connectivity index (χ0) is 39.7. The summed E-state index contributed by atoms with van der Waals surface area (Å²) in [6, 6.07) is 0. The Balaban J connectivity index is 2.43. The molecule has 13 heteroatoms. The smallest absolute Gasteiger partial charge is 0.499 e. The fraction of sp³-hybridized carbons (Fsp3) is 0.878. The van der Waals surface area contributed by atoms with Crippen LogP contribution >= 0.6 is 8.25 Å². The van der Waals surface area contributed by atoms with Crippen molar-refractivity contribution >= 4 is 26.2 Å². The minimum Gasteiger partial charge on any atom is -0.499 e. The minimum atomic E-state index is -3.05. The van der Waals surface area contributed by atoms with Crippen molar-refractivity contribution in [1.82, 2.24) is 0 Å². The highest BCUT2D eigenvalue weighted by Gasteiger charge is 2.46. The fourth-order valence-corrected chi connectivity index (χ4v) is 7.04. The lowest BCUT2D eigenvalue weighted by Gasteiger charge is -2.16. The van der Waals surface area contributed by atoms with E-state index in [4.69, 9.17) is 23.3 Å². The monoisotopic (exact) mass is 789 g/mol. The highest BCUT2D eigenvalue weighted by Crippen LogP contribution is 2.35. The number of cyclic esters (lactones) is 1. The largest absolute Gasteiger partial charge is 0.750 e. The molecule has 0 aromatic heterocycles. The molecule has 54 heavy (non-hydrogen) atoms. The molecule has 0 aromatic carbocycles. The third kappa shape index (κ3) is 25.7. The fourth-order valence-electron chi connectivity index (χ4n) is 6.35. The Morgan fingerprint density at radius 1 is 0.667 bits per heavy atom. The lowest BCUT2D eigenvalue weighted by molar-refractivity contribution is -0.161. The molecular weight excluding hydrogens is 715 g/mol. The van der Waals surface area contributed by atoms with Crippen LogP contribution in [0.4, 0.5) is 0 Å². The first-order valence-electron chi connectivity index (χ1n) is 21.3. The summed E-state index contributed by atoms with van der Waals surface area (Å²) in [5, 5.41) is 29.1. The number of hydrogen-bond donors (Lipinski definition) is 3. The summed E-state index contributed by atoms with van der Waals surface area (Å²) in [4.78, 5) is 36.9. The van der Waals surface area contributed by atoms with E-state index in [1.165, 1.54) is 116 Å². The maximum Gasteiger partial charge on any atom is 0.750 e. The molecule has 0 fully saturated rings. The molecular formula is C41H74O12P+. The maximum absolute atomic E-state index is 12.7. The molecule has 0 saturated carbocycles. The quantitative estimate of drug-likeness (QED) is 0.0234. The lowest BCUT2D eigenvalue weighted by Crippen LogP contribution is -2.32. The van der Waals surface area contributed by atoms with Crippen LogP contribution < -0.4 is 0 Å². The van der Waals surface area contributed by atoms with E-state index in [0.29, 0.717) is 12.8 Å². The van der Waals surface area contributed by atoms with E-state index in [1.54, 1.807) is 0 Å². The number of carbonyl (C=O) groups excluding carboxylic acids is 3. The average Bonchev–Trinajstić information content (AvgIpc) is 3.44. The van der Waals surface area contributed by atoms with Crippen molar-refractivity contribution in [2.24, 2.45) is 0 Å². The van der Waals surface area contributed by atoms with Crippen LogP contribution in [0.3, 0.4) is 0 Å². The summed E-state index contributed by atoms with van der Waals surface area (Å²) in [6.07, 6.45) is 26.9. The van der Waals surface area contributed by atoms with E-state index in [1.807, 2.05) is 0 Å². The van der Waals surface area contributed by atoms with Crippen LogP contribution in [0.25, 0.3) is 0 Å². The molecule has 4 atom stereocenters. The first-order valence-corrected chi connectivity index (χ1v) is 22.4. The van der Waals surface area contributed by atoms with Gasteiger partial charge in [0.05, 0.1) is 6.61 Å². The molecule has 1 heterocycles. The van der Waals surface area contributed by atoms with E-state index >= 15 is 0 Å². The lowest BCUT2D eigenvalue weighted by atomic mass is 10.0. The summed E-state index contributed by atoms with van der Waals surface area (Å²) < 4.78 is 38.5. The summed E-state index contributed by atoms with van der Waals surface area (Å²) in [7, 11) is -3.05. The van der Waals surface area contributed by atoms with Crippen LogP contribution in [0.1, 0.15) is 194 Å². The Hall–Kier alpha value is -2.27. The van der Waals surface area contributed by atoms with Crippen molar-refractivity contribution < 1.29 is 57.5 Å². The number of carbonyl (C=O) groups is 3. The molecule has 0 bridgehead atoms. The predicted octanol–water partition coefficient (Wildman–Crippen LogP) is 10.1. The summed E-state index contributed by atoms with van der Waals surface area (Å²) in [5.41, 5.74) is 0. The van der Waals surface area contributed by atoms with Crippen LogP contribution in [0.5, 0.6) is 0 Å². The van der Waals surface area contributed by atoms with Crippen LogP contribution in [0.15, 0.2) is 11.5 Å². The van der Waals surface area contributed by atoms with Crippen molar-refractivity contribution in [3.05, 3.63) is 11.5 Å². The number of ether oxygens (including phenoxy) is 3. The molecule has 0 amide bonds. The van der Waals surface area contributed by atoms with Gasteiger partial charge in [0, 0.05) is 17.4 Å².